The van der Waals surface area contributed by atoms with E-state index >= 15 is 0 Å². The quantitative estimate of drug-likeness (QED) is 0.0681. The standard InChI is InChI=1S/C50H94O3/c1-7-9-11-13-15-17-19-21-23-25-27-29-31-33-35-37-42-52-49(3,4)44-46-40-39-41-48(51)47(46)45-50(5,6)53-43-38-36-34-32-30-28-26-24-22-20-18-16-14-12-10-8-2/h39-41,51H,7-38,42-45H2,1-6H3. The molecule has 0 aliphatic carbocycles. The first-order valence-electron chi connectivity index (χ1n) is 23.8. The Morgan fingerprint density at radius 2 is 0.679 bits per heavy atom. The van der Waals surface area contributed by atoms with E-state index in [1.807, 2.05) is 12.1 Å². The molecule has 0 amide bonds. The van der Waals surface area contributed by atoms with Gasteiger partial charge in [-0.3, -0.25) is 0 Å². The van der Waals surface area contributed by atoms with Crippen LogP contribution >= 0.6 is 0 Å². The zero-order valence-corrected chi connectivity index (χ0v) is 37.0. The molecule has 3 nitrogen and oxygen atoms in total. The van der Waals surface area contributed by atoms with Crippen LogP contribution in [-0.4, -0.2) is 29.5 Å². The average Bonchev–Trinajstić information content (AvgIpc) is 3.12. The maximum atomic E-state index is 10.9. The maximum Gasteiger partial charge on any atom is 0.119 e. The van der Waals surface area contributed by atoms with E-state index in [0.29, 0.717) is 12.2 Å². The second-order valence-electron chi connectivity index (χ2n) is 18.1. The first kappa shape index (κ1) is 50.0. The molecule has 0 atom stereocenters. The van der Waals surface area contributed by atoms with Crippen molar-refractivity contribution in [2.75, 3.05) is 13.2 Å². The first-order valence-corrected chi connectivity index (χ1v) is 23.8. The van der Waals surface area contributed by atoms with Gasteiger partial charge in [-0.15, -0.1) is 0 Å². The second kappa shape index (κ2) is 34.2. The second-order valence-corrected chi connectivity index (χ2v) is 18.1. The Morgan fingerprint density at radius 3 is 1.00 bits per heavy atom. The molecule has 1 rings (SSSR count). The van der Waals surface area contributed by atoms with E-state index in [0.717, 1.165) is 38.0 Å². The van der Waals surface area contributed by atoms with Crippen LogP contribution in [-0.2, 0) is 22.3 Å². The molecule has 0 fully saturated rings. The lowest BCUT2D eigenvalue weighted by Gasteiger charge is -2.30. The smallest absolute Gasteiger partial charge is 0.119 e. The highest BCUT2D eigenvalue weighted by atomic mass is 16.5. The fourth-order valence-corrected chi connectivity index (χ4v) is 7.97. The van der Waals surface area contributed by atoms with Crippen molar-refractivity contribution in [2.24, 2.45) is 0 Å². The van der Waals surface area contributed by atoms with Crippen LogP contribution in [0.15, 0.2) is 18.2 Å². The molecule has 0 radical (unpaired) electrons. The van der Waals surface area contributed by atoms with E-state index in [-0.39, 0.29) is 11.2 Å². The van der Waals surface area contributed by atoms with Gasteiger partial charge in [0.1, 0.15) is 5.75 Å². The molecule has 53 heavy (non-hydrogen) atoms. The molecule has 1 aromatic carbocycles. The Balaban J connectivity index is 2.15. The molecule has 0 aliphatic heterocycles. The Kier molecular flexibility index (Phi) is 32.2. The van der Waals surface area contributed by atoms with E-state index in [2.05, 4.69) is 47.6 Å². The summed E-state index contributed by atoms with van der Waals surface area (Å²) in [5, 5.41) is 10.9. The third-order valence-electron chi connectivity index (χ3n) is 11.4. The summed E-state index contributed by atoms with van der Waals surface area (Å²) in [5.41, 5.74) is 1.61. The SMILES string of the molecule is CCCCCCCCCCCCCCCCCCOC(C)(C)Cc1cccc(O)c1CC(C)(C)OCCCCCCCCCCCCCCCCCC. The molecule has 0 bridgehead atoms. The molecule has 1 aromatic rings. The highest BCUT2D eigenvalue weighted by Crippen LogP contribution is 2.31. The molecule has 0 aromatic heterocycles. The van der Waals surface area contributed by atoms with Gasteiger partial charge in [0.15, 0.2) is 0 Å². The Bertz CT molecular complexity index is 921. The molecule has 0 saturated heterocycles. The van der Waals surface area contributed by atoms with Gasteiger partial charge in [-0.05, 0) is 57.7 Å². The van der Waals surface area contributed by atoms with E-state index in [1.54, 1.807) is 0 Å². The van der Waals surface area contributed by atoms with Crippen molar-refractivity contribution in [2.45, 2.75) is 271 Å². The number of hydrogen-bond acceptors (Lipinski definition) is 3. The summed E-state index contributed by atoms with van der Waals surface area (Å²) >= 11 is 0. The van der Waals surface area contributed by atoms with Gasteiger partial charge < -0.3 is 14.6 Å². The third-order valence-corrected chi connectivity index (χ3v) is 11.4. The van der Waals surface area contributed by atoms with Crippen molar-refractivity contribution in [3.8, 4) is 5.75 Å². The van der Waals surface area contributed by atoms with Gasteiger partial charge in [0.05, 0.1) is 11.2 Å². The van der Waals surface area contributed by atoms with E-state index < -0.39 is 0 Å². The molecule has 312 valence electrons. The minimum Gasteiger partial charge on any atom is -0.508 e. The van der Waals surface area contributed by atoms with Crippen LogP contribution in [0.2, 0.25) is 0 Å². The summed E-state index contributed by atoms with van der Waals surface area (Å²) in [6, 6.07) is 5.97. The number of benzene rings is 1. The summed E-state index contributed by atoms with van der Waals surface area (Å²) in [6.45, 7) is 15.0. The normalized spacial score (nSPS) is 12.3. The van der Waals surface area contributed by atoms with Crippen LogP contribution in [0.4, 0.5) is 0 Å². The highest BCUT2D eigenvalue weighted by Gasteiger charge is 2.26. The van der Waals surface area contributed by atoms with Gasteiger partial charge in [0.25, 0.3) is 0 Å². The molecule has 1 N–H and O–H groups in total. The van der Waals surface area contributed by atoms with Gasteiger partial charge in [-0.1, -0.05) is 219 Å². The largest absolute Gasteiger partial charge is 0.508 e. The molecule has 0 unspecified atom stereocenters. The number of aromatic hydroxyl groups is 1. The summed E-state index contributed by atoms with van der Waals surface area (Å²) in [7, 11) is 0. The van der Waals surface area contributed by atoms with Crippen molar-refractivity contribution in [1.82, 2.24) is 0 Å². The van der Waals surface area contributed by atoms with Gasteiger partial charge in [0, 0.05) is 26.1 Å². The number of ether oxygens (including phenoxy) is 2. The van der Waals surface area contributed by atoms with Crippen molar-refractivity contribution in [3.63, 3.8) is 0 Å². The Labute approximate surface area is 333 Å². The summed E-state index contributed by atoms with van der Waals surface area (Å²) in [4.78, 5) is 0. The van der Waals surface area contributed by atoms with Crippen molar-refractivity contribution in [3.05, 3.63) is 29.3 Å². The number of rotatable bonds is 40. The molecule has 0 saturated carbocycles. The minimum atomic E-state index is -0.318. The Morgan fingerprint density at radius 1 is 0.396 bits per heavy atom. The van der Waals surface area contributed by atoms with E-state index in [1.165, 1.54) is 198 Å². The van der Waals surface area contributed by atoms with E-state index in [9.17, 15) is 5.11 Å². The number of unbranched alkanes of at least 4 members (excludes halogenated alkanes) is 30. The molecular formula is C50H94O3. The highest BCUT2D eigenvalue weighted by molar-refractivity contribution is 5.41. The summed E-state index contributed by atoms with van der Waals surface area (Å²) < 4.78 is 12.8. The van der Waals surface area contributed by atoms with Crippen LogP contribution in [0.3, 0.4) is 0 Å². The third kappa shape index (κ3) is 30.8. The molecule has 0 spiro atoms. The summed E-state index contributed by atoms with van der Waals surface area (Å²) in [6.07, 6.45) is 45.8. The average molecular weight is 743 g/mol. The number of phenolic OH excluding ortho intramolecular Hbond substituents is 1. The molecule has 3 heteroatoms. The lowest BCUT2D eigenvalue weighted by Crippen LogP contribution is -2.31. The lowest BCUT2D eigenvalue weighted by molar-refractivity contribution is -0.0231. The van der Waals surface area contributed by atoms with Crippen LogP contribution in [0.25, 0.3) is 0 Å². The molecular weight excluding hydrogens is 649 g/mol. The topological polar surface area (TPSA) is 38.7 Å². The van der Waals surface area contributed by atoms with Gasteiger partial charge in [-0.25, -0.2) is 0 Å². The van der Waals surface area contributed by atoms with Crippen molar-refractivity contribution < 1.29 is 14.6 Å². The minimum absolute atomic E-state index is 0.267. The first-order chi connectivity index (χ1) is 25.7. The maximum absolute atomic E-state index is 10.9. The van der Waals surface area contributed by atoms with Crippen LogP contribution < -0.4 is 0 Å². The number of phenols is 1. The lowest BCUT2D eigenvalue weighted by atomic mass is 9.88. The fourth-order valence-electron chi connectivity index (χ4n) is 7.97. The predicted molar refractivity (Wildman–Crippen MR) is 235 cm³/mol. The zero-order chi connectivity index (χ0) is 38.7. The van der Waals surface area contributed by atoms with Crippen molar-refractivity contribution in [1.29, 1.82) is 0 Å². The van der Waals surface area contributed by atoms with E-state index in [4.69, 9.17) is 9.47 Å². The van der Waals surface area contributed by atoms with Crippen LogP contribution in [0, 0.1) is 0 Å². The fraction of sp³-hybridized carbons (Fsp3) is 0.880. The van der Waals surface area contributed by atoms with Crippen LogP contribution in [0.5, 0.6) is 5.75 Å². The molecule has 0 aliphatic rings. The van der Waals surface area contributed by atoms with Gasteiger partial charge >= 0.3 is 0 Å². The van der Waals surface area contributed by atoms with Gasteiger partial charge in [-0.2, -0.15) is 0 Å². The van der Waals surface area contributed by atoms with Gasteiger partial charge in [0.2, 0.25) is 0 Å². The predicted octanol–water partition coefficient (Wildman–Crippen LogP) is 16.6. The zero-order valence-electron chi connectivity index (χ0n) is 37.0. The monoisotopic (exact) mass is 743 g/mol. The molecule has 0 heterocycles. The van der Waals surface area contributed by atoms with Crippen molar-refractivity contribution >= 4 is 0 Å². The number of hydrogen-bond donors (Lipinski definition) is 1. The summed E-state index contributed by atoms with van der Waals surface area (Å²) in [5.74, 6) is 0.384. The van der Waals surface area contributed by atoms with Crippen LogP contribution in [0.1, 0.15) is 258 Å². The Hall–Kier alpha value is -1.06.